The SMILES string of the molecule is CCCCCCCNC(=O)N(C)c1cccc(-c2ccc(C[C@@](Nc3ccccc3C(=O)c3ccccc3)(C(=O)OCC)c3nc(-c4ccccc4)oc3C)cc2)c1. The van der Waals surface area contributed by atoms with Crippen molar-refractivity contribution < 1.29 is 23.5 Å². The molecule has 9 heteroatoms. The monoisotopic (exact) mass is 776 g/mol. The number of amides is 2. The third-order valence-electron chi connectivity index (χ3n) is 10.3. The van der Waals surface area contributed by atoms with Crippen molar-refractivity contribution in [1.29, 1.82) is 0 Å². The van der Waals surface area contributed by atoms with E-state index in [0.29, 0.717) is 40.7 Å². The van der Waals surface area contributed by atoms with Crippen LogP contribution in [0, 0.1) is 6.92 Å². The second-order valence-corrected chi connectivity index (χ2v) is 14.4. The molecule has 0 saturated carbocycles. The largest absolute Gasteiger partial charge is 0.464 e. The number of nitrogens with zero attached hydrogens (tertiary/aromatic N) is 2. The Morgan fingerprint density at radius 3 is 2.14 bits per heavy atom. The number of hydrogen-bond donors (Lipinski definition) is 2. The number of rotatable bonds is 18. The molecule has 0 unspecified atom stereocenters. The predicted octanol–water partition coefficient (Wildman–Crippen LogP) is 10.8. The van der Waals surface area contributed by atoms with Gasteiger partial charge < -0.3 is 19.8 Å². The molecule has 0 aliphatic rings. The molecular formula is C49H52N4O5. The van der Waals surface area contributed by atoms with Crippen LogP contribution in [0.25, 0.3) is 22.6 Å². The Balaban J connectivity index is 1.35. The summed E-state index contributed by atoms with van der Waals surface area (Å²) in [5.74, 6) is 0.0369. The van der Waals surface area contributed by atoms with E-state index in [1.165, 1.54) is 19.3 Å². The molecule has 2 N–H and O–H groups in total. The highest BCUT2D eigenvalue weighted by atomic mass is 16.5. The minimum absolute atomic E-state index is 0.114. The second-order valence-electron chi connectivity index (χ2n) is 14.4. The number of aryl methyl sites for hydroxylation is 1. The lowest BCUT2D eigenvalue weighted by atomic mass is 9.85. The Hall–Kier alpha value is -6.48. The number of anilines is 2. The van der Waals surface area contributed by atoms with Gasteiger partial charge >= 0.3 is 12.0 Å². The van der Waals surface area contributed by atoms with Gasteiger partial charge in [0.05, 0.1) is 6.61 Å². The van der Waals surface area contributed by atoms with Crippen molar-refractivity contribution in [2.45, 2.75) is 64.8 Å². The second kappa shape index (κ2) is 19.6. The van der Waals surface area contributed by atoms with E-state index in [0.717, 1.165) is 40.8 Å². The van der Waals surface area contributed by atoms with Gasteiger partial charge in [0.2, 0.25) is 5.89 Å². The number of nitrogens with one attached hydrogen (secondary N) is 2. The quantitative estimate of drug-likeness (QED) is 0.0507. The first-order chi connectivity index (χ1) is 28.2. The van der Waals surface area contributed by atoms with Gasteiger partial charge in [-0.3, -0.25) is 9.69 Å². The number of unbranched alkanes of at least 4 members (excludes halogenated alkanes) is 4. The lowest BCUT2D eigenvalue weighted by Crippen LogP contribution is -2.48. The zero-order valence-corrected chi connectivity index (χ0v) is 33.8. The Morgan fingerprint density at radius 1 is 0.741 bits per heavy atom. The van der Waals surface area contributed by atoms with Gasteiger partial charge in [-0.05, 0) is 73.4 Å². The molecular weight excluding hydrogens is 725 g/mol. The van der Waals surface area contributed by atoms with E-state index in [1.807, 2.05) is 103 Å². The van der Waals surface area contributed by atoms with Crippen LogP contribution in [-0.4, -0.2) is 43.0 Å². The molecule has 5 aromatic carbocycles. The highest BCUT2D eigenvalue weighted by Crippen LogP contribution is 2.38. The molecule has 6 rings (SSSR count). The molecule has 0 bridgehead atoms. The van der Waals surface area contributed by atoms with E-state index in [2.05, 4.69) is 17.6 Å². The van der Waals surface area contributed by atoms with E-state index in [1.54, 1.807) is 56.1 Å². The summed E-state index contributed by atoms with van der Waals surface area (Å²) in [5, 5.41) is 6.55. The molecule has 0 saturated heterocycles. The fourth-order valence-corrected chi connectivity index (χ4v) is 7.10. The van der Waals surface area contributed by atoms with Crippen molar-refractivity contribution in [1.82, 2.24) is 10.3 Å². The number of urea groups is 1. The van der Waals surface area contributed by atoms with Gasteiger partial charge in [0.1, 0.15) is 11.5 Å². The van der Waals surface area contributed by atoms with Crippen LogP contribution in [-0.2, 0) is 21.5 Å². The highest BCUT2D eigenvalue weighted by molar-refractivity contribution is 6.12. The summed E-state index contributed by atoms with van der Waals surface area (Å²) >= 11 is 0. The van der Waals surface area contributed by atoms with Gasteiger partial charge in [-0.15, -0.1) is 0 Å². The fraction of sp³-hybridized carbons (Fsp3) is 0.265. The van der Waals surface area contributed by atoms with Crippen LogP contribution in [0.2, 0.25) is 0 Å². The first kappa shape index (κ1) is 41.2. The third kappa shape index (κ3) is 9.72. The minimum atomic E-state index is -1.61. The van der Waals surface area contributed by atoms with Crippen LogP contribution in [0.5, 0.6) is 0 Å². The smallest absolute Gasteiger partial charge is 0.338 e. The standard InChI is InChI=1S/C49H52N4O5/c1-5-7-8-9-18-32-50-48(56)53(4)41-25-19-24-40(33-41)37-30-28-36(29-31-37)34-49(47(55)57-6-2,45-35(3)58-46(51-45)39-22-14-11-15-23-39)52-43-27-17-16-26-42(43)44(54)38-20-12-10-13-21-38/h10-17,19-31,33,52H,5-9,18,32,34H2,1-4H3,(H,50,56)/t49-/m0/s1. The number of benzene rings is 5. The number of oxazole rings is 1. The molecule has 1 aromatic heterocycles. The number of esters is 1. The number of carbonyl (C=O) groups is 3. The summed E-state index contributed by atoms with van der Waals surface area (Å²) in [6.07, 6.45) is 5.76. The Morgan fingerprint density at radius 2 is 1.41 bits per heavy atom. The Bertz CT molecular complexity index is 2290. The Kier molecular flexibility index (Phi) is 13.9. The maximum absolute atomic E-state index is 14.6. The number of carbonyl (C=O) groups excluding carboxylic acids is 3. The van der Waals surface area contributed by atoms with Gasteiger partial charge in [-0.1, -0.05) is 130 Å². The summed E-state index contributed by atoms with van der Waals surface area (Å²) in [6.45, 7) is 6.50. The summed E-state index contributed by atoms with van der Waals surface area (Å²) in [4.78, 5) is 48.1. The Labute approximate surface area is 341 Å². The molecule has 9 nitrogen and oxygen atoms in total. The van der Waals surface area contributed by atoms with Crippen molar-refractivity contribution >= 4 is 29.2 Å². The number of aromatic nitrogens is 1. The van der Waals surface area contributed by atoms with E-state index < -0.39 is 11.5 Å². The number of ether oxygens (including phenoxy) is 1. The summed E-state index contributed by atoms with van der Waals surface area (Å²) in [7, 11) is 1.78. The number of hydrogen-bond acceptors (Lipinski definition) is 7. The molecule has 0 radical (unpaired) electrons. The number of para-hydroxylation sites is 1. The van der Waals surface area contributed by atoms with Crippen LogP contribution in [0.4, 0.5) is 16.2 Å². The van der Waals surface area contributed by atoms with Gasteiger partial charge in [0.25, 0.3) is 0 Å². The van der Waals surface area contributed by atoms with Crippen LogP contribution in [0.15, 0.2) is 138 Å². The predicted molar refractivity (Wildman–Crippen MR) is 231 cm³/mol. The van der Waals surface area contributed by atoms with Crippen LogP contribution in [0.3, 0.4) is 0 Å². The third-order valence-corrected chi connectivity index (χ3v) is 10.3. The molecule has 6 aromatic rings. The normalized spacial score (nSPS) is 12.0. The van der Waals surface area contributed by atoms with E-state index in [4.69, 9.17) is 14.1 Å². The average molecular weight is 777 g/mol. The molecule has 0 aliphatic heterocycles. The topological polar surface area (TPSA) is 114 Å². The lowest BCUT2D eigenvalue weighted by Gasteiger charge is -2.33. The van der Waals surface area contributed by atoms with Crippen LogP contribution in [0.1, 0.15) is 78.9 Å². The fourth-order valence-electron chi connectivity index (χ4n) is 7.10. The van der Waals surface area contributed by atoms with Crippen molar-refractivity contribution in [3.63, 3.8) is 0 Å². The summed E-state index contributed by atoms with van der Waals surface area (Å²) in [5.41, 5.74) is 4.32. The zero-order valence-electron chi connectivity index (χ0n) is 33.8. The highest BCUT2D eigenvalue weighted by Gasteiger charge is 2.47. The average Bonchev–Trinajstić information content (AvgIpc) is 3.67. The van der Waals surface area contributed by atoms with E-state index >= 15 is 0 Å². The van der Waals surface area contributed by atoms with Crippen molar-refractivity contribution in [3.05, 3.63) is 162 Å². The maximum atomic E-state index is 14.6. The van der Waals surface area contributed by atoms with Crippen molar-refractivity contribution in [3.8, 4) is 22.6 Å². The molecule has 1 atom stereocenters. The van der Waals surface area contributed by atoms with Crippen molar-refractivity contribution in [2.75, 3.05) is 30.4 Å². The minimum Gasteiger partial charge on any atom is -0.464 e. The number of ketones is 1. The van der Waals surface area contributed by atoms with Gasteiger partial charge in [0, 0.05) is 48.1 Å². The molecule has 58 heavy (non-hydrogen) atoms. The molecule has 0 fully saturated rings. The molecule has 0 spiro atoms. The van der Waals surface area contributed by atoms with Crippen LogP contribution >= 0.6 is 0 Å². The van der Waals surface area contributed by atoms with Crippen molar-refractivity contribution in [2.24, 2.45) is 0 Å². The summed E-state index contributed by atoms with van der Waals surface area (Å²) in [6, 6.07) is 41.4. The van der Waals surface area contributed by atoms with Crippen LogP contribution < -0.4 is 15.5 Å². The molecule has 0 aliphatic carbocycles. The maximum Gasteiger partial charge on any atom is 0.338 e. The first-order valence-corrected chi connectivity index (χ1v) is 20.1. The molecule has 2 amide bonds. The zero-order chi connectivity index (χ0) is 40.9. The summed E-state index contributed by atoms with van der Waals surface area (Å²) < 4.78 is 12.1. The van der Waals surface area contributed by atoms with Gasteiger partial charge in [-0.25, -0.2) is 14.6 Å². The molecule has 1 heterocycles. The first-order valence-electron chi connectivity index (χ1n) is 20.1. The molecule has 298 valence electrons. The van der Waals surface area contributed by atoms with E-state index in [9.17, 15) is 14.4 Å². The lowest BCUT2D eigenvalue weighted by molar-refractivity contribution is -0.149. The van der Waals surface area contributed by atoms with Gasteiger partial charge in [-0.2, -0.15) is 0 Å². The van der Waals surface area contributed by atoms with E-state index in [-0.39, 0.29) is 24.8 Å². The van der Waals surface area contributed by atoms with Gasteiger partial charge in [0.15, 0.2) is 11.3 Å².